The lowest BCUT2D eigenvalue weighted by atomic mass is 10.00. The van der Waals surface area contributed by atoms with Crippen molar-refractivity contribution in [1.29, 1.82) is 0 Å². The summed E-state index contributed by atoms with van der Waals surface area (Å²) in [7, 11) is 1.49. The van der Waals surface area contributed by atoms with Gasteiger partial charge in [-0.15, -0.1) is 11.3 Å². The van der Waals surface area contributed by atoms with Crippen LogP contribution in [0.4, 0.5) is 0 Å². The molecule has 2 atom stereocenters. The molecule has 4 rings (SSSR count). The lowest BCUT2D eigenvalue weighted by molar-refractivity contribution is -0.145. The summed E-state index contributed by atoms with van der Waals surface area (Å²) < 4.78 is 17.0. The van der Waals surface area contributed by atoms with E-state index in [2.05, 4.69) is 24.4 Å². The summed E-state index contributed by atoms with van der Waals surface area (Å²) in [6.45, 7) is 6.16. The summed E-state index contributed by atoms with van der Waals surface area (Å²) in [6, 6.07) is 8.02. The van der Waals surface area contributed by atoms with Crippen LogP contribution in [0.1, 0.15) is 40.5 Å². The Morgan fingerprint density at radius 1 is 1.26 bits per heavy atom. The van der Waals surface area contributed by atoms with E-state index in [-0.39, 0.29) is 37.1 Å². The minimum atomic E-state index is -0.192. The standard InChI is InChI=1S/C26H34N2O5S/c1-18-6-7-23(19(2)13-18)33-16-22-21-9-12-34-24(21)8-10-28(22)25(29)15-27(26(30)17-31-3)14-20-5-4-11-32-20/h6-7,9,12-13,20,22H,4-5,8,10-11,14-17H2,1-3H3/t20-,22-/m1/s1. The number of methoxy groups -OCH3 is 1. The van der Waals surface area contributed by atoms with Gasteiger partial charge in [0.2, 0.25) is 11.8 Å². The Labute approximate surface area is 205 Å². The molecule has 0 radical (unpaired) electrons. The summed E-state index contributed by atoms with van der Waals surface area (Å²) in [5.41, 5.74) is 3.40. The van der Waals surface area contributed by atoms with Gasteiger partial charge in [0.1, 0.15) is 19.0 Å². The van der Waals surface area contributed by atoms with E-state index < -0.39 is 0 Å². The number of nitrogens with zero attached hydrogens (tertiary/aromatic N) is 2. The molecule has 0 spiro atoms. The van der Waals surface area contributed by atoms with Crippen molar-refractivity contribution in [2.75, 3.05) is 46.6 Å². The molecule has 1 aromatic heterocycles. The molecule has 2 aromatic rings. The van der Waals surface area contributed by atoms with Crippen LogP contribution in [0.3, 0.4) is 0 Å². The van der Waals surface area contributed by atoms with Crippen LogP contribution in [0, 0.1) is 13.8 Å². The second-order valence-corrected chi connectivity index (χ2v) is 10.1. The van der Waals surface area contributed by atoms with Gasteiger partial charge in [0.15, 0.2) is 0 Å². The predicted molar refractivity (Wildman–Crippen MR) is 131 cm³/mol. The van der Waals surface area contributed by atoms with E-state index in [4.69, 9.17) is 14.2 Å². The van der Waals surface area contributed by atoms with E-state index >= 15 is 0 Å². The Bertz CT molecular complexity index is 1000. The SMILES string of the molecule is COCC(=O)N(CC(=O)N1CCc2sccc2[C@H]1COc1ccc(C)cc1C)C[C@H]1CCCO1. The van der Waals surface area contributed by atoms with E-state index in [0.29, 0.717) is 26.3 Å². The molecule has 2 amide bonds. The number of rotatable bonds is 9. The largest absolute Gasteiger partial charge is 0.491 e. The summed E-state index contributed by atoms with van der Waals surface area (Å²) in [6.07, 6.45) is 2.67. The van der Waals surface area contributed by atoms with Gasteiger partial charge >= 0.3 is 0 Å². The predicted octanol–water partition coefficient (Wildman–Crippen LogP) is 3.52. The highest BCUT2D eigenvalue weighted by Crippen LogP contribution is 2.34. The zero-order valence-electron chi connectivity index (χ0n) is 20.2. The lowest BCUT2D eigenvalue weighted by Gasteiger charge is -2.37. The Morgan fingerprint density at radius 2 is 2.12 bits per heavy atom. The number of benzene rings is 1. The Balaban J connectivity index is 1.49. The third-order valence-corrected chi connectivity index (χ3v) is 7.53. The Kier molecular flexibility index (Phi) is 8.24. The topological polar surface area (TPSA) is 68.3 Å². The fourth-order valence-corrected chi connectivity index (χ4v) is 5.69. The number of ether oxygens (including phenoxy) is 3. The lowest BCUT2D eigenvalue weighted by Crippen LogP contribution is -2.49. The molecule has 2 aliphatic rings. The first-order valence-corrected chi connectivity index (χ1v) is 12.8. The number of hydrogen-bond acceptors (Lipinski definition) is 6. The van der Waals surface area contributed by atoms with Crippen molar-refractivity contribution in [3.05, 3.63) is 51.2 Å². The van der Waals surface area contributed by atoms with Gasteiger partial charge < -0.3 is 24.0 Å². The molecule has 0 N–H and O–H groups in total. The molecule has 34 heavy (non-hydrogen) atoms. The van der Waals surface area contributed by atoms with Crippen molar-refractivity contribution in [1.82, 2.24) is 9.80 Å². The number of carbonyl (C=O) groups is 2. The smallest absolute Gasteiger partial charge is 0.249 e. The van der Waals surface area contributed by atoms with Crippen molar-refractivity contribution in [3.8, 4) is 5.75 Å². The number of thiophene rings is 1. The van der Waals surface area contributed by atoms with Crippen LogP contribution in [-0.2, 0) is 25.5 Å². The minimum Gasteiger partial charge on any atom is -0.491 e. The Morgan fingerprint density at radius 3 is 2.85 bits per heavy atom. The van der Waals surface area contributed by atoms with E-state index in [1.165, 1.54) is 17.6 Å². The average molecular weight is 487 g/mol. The molecule has 0 aliphatic carbocycles. The fourth-order valence-electron chi connectivity index (χ4n) is 4.76. The molecular formula is C26H34N2O5S. The van der Waals surface area contributed by atoms with Gasteiger partial charge in [-0.3, -0.25) is 9.59 Å². The van der Waals surface area contributed by atoms with Crippen LogP contribution >= 0.6 is 11.3 Å². The van der Waals surface area contributed by atoms with Gasteiger partial charge in [0, 0.05) is 31.7 Å². The number of amides is 2. The molecule has 184 valence electrons. The van der Waals surface area contributed by atoms with E-state index in [1.807, 2.05) is 24.0 Å². The highest BCUT2D eigenvalue weighted by atomic mass is 32.1. The van der Waals surface area contributed by atoms with Gasteiger partial charge in [0.05, 0.1) is 18.7 Å². The first-order chi connectivity index (χ1) is 16.5. The first-order valence-electron chi connectivity index (χ1n) is 11.9. The second kappa shape index (κ2) is 11.3. The fraction of sp³-hybridized carbons (Fsp3) is 0.538. The highest BCUT2D eigenvalue weighted by molar-refractivity contribution is 7.10. The average Bonchev–Trinajstić information content (AvgIpc) is 3.50. The first kappa shape index (κ1) is 24.7. The zero-order valence-corrected chi connectivity index (χ0v) is 21.1. The summed E-state index contributed by atoms with van der Waals surface area (Å²) in [5, 5.41) is 2.08. The van der Waals surface area contributed by atoms with Crippen LogP contribution in [0.15, 0.2) is 29.6 Å². The van der Waals surface area contributed by atoms with E-state index in [9.17, 15) is 9.59 Å². The van der Waals surface area contributed by atoms with Gasteiger partial charge in [-0.2, -0.15) is 0 Å². The van der Waals surface area contributed by atoms with E-state index in [1.54, 1.807) is 16.2 Å². The normalized spacial score (nSPS) is 19.7. The molecule has 7 nitrogen and oxygen atoms in total. The molecular weight excluding hydrogens is 452 g/mol. The van der Waals surface area contributed by atoms with Crippen LogP contribution < -0.4 is 4.74 Å². The summed E-state index contributed by atoms with van der Waals surface area (Å²) in [5.74, 6) is 0.562. The molecule has 1 aromatic carbocycles. The molecule has 1 fully saturated rings. The van der Waals surface area contributed by atoms with Gasteiger partial charge in [-0.1, -0.05) is 17.7 Å². The Hall–Kier alpha value is -2.42. The monoisotopic (exact) mass is 486 g/mol. The molecule has 0 bridgehead atoms. The second-order valence-electron chi connectivity index (χ2n) is 9.07. The van der Waals surface area contributed by atoms with Crippen molar-refractivity contribution >= 4 is 23.2 Å². The van der Waals surface area contributed by atoms with Gasteiger partial charge in [0.25, 0.3) is 0 Å². The molecule has 0 saturated carbocycles. The summed E-state index contributed by atoms with van der Waals surface area (Å²) in [4.78, 5) is 31.0. The van der Waals surface area contributed by atoms with Crippen molar-refractivity contribution < 1.29 is 23.8 Å². The summed E-state index contributed by atoms with van der Waals surface area (Å²) >= 11 is 1.73. The molecule has 3 heterocycles. The van der Waals surface area contributed by atoms with Gasteiger partial charge in [-0.05, 0) is 61.7 Å². The van der Waals surface area contributed by atoms with Gasteiger partial charge in [-0.25, -0.2) is 0 Å². The van der Waals surface area contributed by atoms with Crippen LogP contribution in [0.25, 0.3) is 0 Å². The van der Waals surface area contributed by atoms with E-state index in [0.717, 1.165) is 36.1 Å². The van der Waals surface area contributed by atoms with Crippen LogP contribution in [0.2, 0.25) is 0 Å². The van der Waals surface area contributed by atoms with Crippen molar-refractivity contribution in [2.24, 2.45) is 0 Å². The number of aryl methyl sites for hydroxylation is 2. The molecule has 2 aliphatic heterocycles. The number of fused-ring (bicyclic) bond motifs is 1. The third kappa shape index (κ3) is 5.79. The highest BCUT2D eigenvalue weighted by Gasteiger charge is 2.34. The maximum atomic E-state index is 13.6. The number of hydrogen-bond donors (Lipinski definition) is 0. The molecule has 0 unspecified atom stereocenters. The number of carbonyl (C=O) groups excluding carboxylic acids is 2. The zero-order chi connectivity index (χ0) is 24.1. The molecule has 8 heteroatoms. The maximum Gasteiger partial charge on any atom is 0.249 e. The quantitative estimate of drug-likeness (QED) is 0.543. The van der Waals surface area contributed by atoms with Crippen molar-refractivity contribution in [3.63, 3.8) is 0 Å². The van der Waals surface area contributed by atoms with Crippen LogP contribution in [0.5, 0.6) is 5.75 Å². The molecule has 1 saturated heterocycles. The van der Waals surface area contributed by atoms with Crippen LogP contribution in [-0.4, -0.2) is 74.3 Å². The van der Waals surface area contributed by atoms with Crippen molar-refractivity contribution in [2.45, 2.75) is 45.3 Å². The maximum absolute atomic E-state index is 13.6. The minimum absolute atomic E-state index is 0.0155. The third-order valence-electron chi connectivity index (χ3n) is 6.54.